The normalized spacial score (nSPS) is 11.4. The molecule has 9 rings (SSSR count). The maximum absolute atomic E-state index is 6.65. The first-order valence-corrected chi connectivity index (χ1v) is 17.3. The molecule has 4 aromatic carbocycles. The van der Waals surface area contributed by atoms with Gasteiger partial charge in [-0.15, -0.1) is 0 Å². The van der Waals surface area contributed by atoms with E-state index in [-0.39, 0.29) is 0 Å². The van der Waals surface area contributed by atoms with Gasteiger partial charge in [-0.3, -0.25) is 14.5 Å². The van der Waals surface area contributed by atoms with Crippen LogP contribution in [0.2, 0.25) is 0 Å². The lowest BCUT2D eigenvalue weighted by Gasteiger charge is -2.14. The summed E-state index contributed by atoms with van der Waals surface area (Å²) in [6.07, 6.45) is 5.49. The quantitative estimate of drug-likeness (QED) is 0.168. The molecule has 0 amide bonds. The smallest absolute Gasteiger partial charge is 0.137 e. The molecule has 0 radical (unpaired) electrons. The van der Waals surface area contributed by atoms with E-state index in [1.807, 2.05) is 96.1 Å². The van der Waals surface area contributed by atoms with Crippen molar-refractivity contribution in [1.82, 2.24) is 29.3 Å². The van der Waals surface area contributed by atoms with Crippen molar-refractivity contribution in [3.8, 4) is 56.9 Å². The predicted molar refractivity (Wildman–Crippen MR) is 208 cm³/mol. The minimum Gasteiger partial charge on any atom is -0.457 e. The summed E-state index contributed by atoms with van der Waals surface area (Å²) in [7, 11) is 0. The molecule has 0 aliphatic heterocycles. The molecule has 0 aliphatic rings. The first kappa shape index (κ1) is 31.1. The Morgan fingerprint density at radius 1 is 0.519 bits per heavy atom. The SMILES string of the molecule is Cc1ccnc(-n2c3ccccc3c3ccc(Oc4cccc(-n5nc(-c6ccccn6)c(-c6c(C)cccc6C)c5-c5ccccn5)c4)cc32)c1. The summed E-state index contributed by atoms with van der Waals surface area (Å²) < 4.78 is 10.8. The van der Waals surface area contributed by atoms with Crippen LogP contribution in [0.3, 0.4) is 0 Å². The fraction of sp³-hybridized carbons (Fsp3) is 0.0667. The minimum absolute atomic E-state index is 0.684. The molecule has 0 aliphatic carbocycles. The highest BCUT2D eigenvalue weighted by molar-refractivity contribution is 6.09. The first-order chi connectivity index (χ1) is 25.5. The highest BCUT2D eigenvalue weighted by Crippen LogP contribution is 2.43. The van der Waals surface area contributed by atoms with Crippen LogP contribution in [-0.2, 0) is 0 Å². The summed E-state index contributed by atoms with van der Waals surface area (Å²) in [5.74, 6) is 2.27. The Bertz CT molecular complexity index is 2730. The van der Waals surface area contributed by atoms with Crippen molar-refractivity contribution in [3.05, 3.63) is 169 Å². The summed E-state index contributed by atoms with van der Waals surface area (Å²) in [5.41, 5.74) is 11.8. The number of rotatable bonds is 7. The Hall–Kier alpha value is -6.86. The summed E-state index contributed by atoms with van der Waals surface area (Å²) in [4.78, 5) is 14.3. The van der Waals surface area contributed by atoms with Gasteiger partial charge in [0.1, 0.15) is 28.7 Å². The van der Waals surface area contributed by atoms with Gasteiger partial charge in [-0.2, -0.15) is 5.10 Å². The van der Waals surface area contributed by atoms with Gasteiger partial charge in [0.05, 0.1) is 28.1 Å². The van der Waals surface area contributed by atoms with Gasteiger partial charge in [-0.1, -0.05) is 54.6 Å². The number of hydrogen-bond acceptors (Lipinski definition) is 5. The highest BCUT2D eigenvalue weighted by Gasteiger charge is 2.26. The molecule has 7 nitrogen and oxygen atoms in total. The lowest BCUT2D eigenvalue weighted by molar-refractivity contribution is 0.483. The van der Waals surface area contributed by atoms with E-state index in [1.54, 1.807) is 0 Å². The second-order valence-electron chi connectivity index (χ2n) is 13.0. The van der Waals surface area contributed by atoms with E-state index in [0.29, 0.717) is 5.75 Å². The van der Waals surface area contributed by atoms with E-state index in [2.05, 4.69) is 86.0 Å². The first-order valence-electron chi connectivity index (χ1n) is 17.3. The summed E-state index contributed by atoms with van der Waals surface area (Å²) in [6, 6.07) is 45.1. The van der Waals surface area contributed by atoms with Crippen LogP contribution in [0.15, 0.2) is 152 Å². The number of benzene rings is 4. The lowest BCUT2D eigenvalue weighted by atomic mass is 9.92. The molecule has 7 heteroatoms. The molecule has 250 valence electrons. The summed E-state index contributed by atoms with van der Waals surface area (Å²) in [6.45, 7) is 6.37. The Kier molecular flexibility index (Phi) is 7.66. The van der Waals surface area contributed by atoms with Crippen LogP contribution >= 0.6 is 0 Å². The zero-order valence-corrected chi connectivity index (χ0v) is 29.0. The van der Waals surface area contributed by atoms with E-state index >= 15 is 0 Å². The third-order valence-corrected chi connectivity index (χ3v) is 9.50. The third kappa shape index (κ3) is 5.40. The molecule has 0 spiro atoms. The topological polar surface area (TPSA) is 70.7 Å². The fourth-order valence-corrected chi connectivity index (χ4v) is 7.19. The molecule has 0 bridgehead atoms. The number of nitrogens with zero attached hydrogens (tertiary/aromatic N) is 6. The van der Waals surface area contributed by atoms with Crippen LogP contribution in [-0.4, -0.2) is 29.3 Å². The molecule has 0 fully saturated rings. The molecular formula is C45H34N6O. The molecule has 5 aromatic heterocycles. The molecule has 52 heavy (non-hydrogen) atoms. The number of ether oxygens (including phenoxy) is 1. The number of aromatic nitrogens is 6. The molecule has 0 saturated carbocycles. The van der Waals surface area contributed by atoms with Gasteiger partial charge in [-0.05, 0) is 110 Å². The zero-order valence-electron chi connectivity index (χ0n) is 29.0. The maximum atomic E-state index is 6.65. The number of para-hydroxylation sites is 1. The average molecular weight is 675 g/mol. The van der Waals surface area contributed by atoms with E-state index in [9.17, 15) is 0 Å². The van der Waals surface area contributed by atoms with E-state index in [4.69, 9.17) is 24.8 Å². The maximum Gasteiger partial charge on any atom is 0.137 e. The summed E-state index contributed by atoms with van der Waals surface area (Å²) in [5, 5.41) is 7.60. The fourth-order valence-electron chi connectivity index (χ4n) is 7.19. The second-order valence-corrected chi connectivity index (χ2v) is 13.0. The number of pyridine rings is 3. The Morgan fingerprint density at radius 2 is 1.23 bits per heavy atom. The van der Waals surface area contributed by atoms with Crippen molar-refractivity contribution in [3.63, 3.8) is 0 Å². The van der Waals surface area contributed by atoms with Crippen LogP contribution in [0.25, 0.3) is 67.2 Å². The van der Waals surface area contributed by atoms with Gasteiger partial charge in [-0.25, -0.2) is 9.67 Å². The van der Waals surface area contributed by atoms with Crippen molar-refractivity contribution in [2.75, 3.05) is 0 Å². The molecule has 0 N–H and O–H groups in total. The molecule has 0 saturated heterocycles. The van der Waals surface area contributed by atoms with Crippen molar-refractivity contribution in [1.29, 1.82) is 0 Å². The van der Waals surface area contributed by atoms with Crippen molar-refractivity contribution in [2.45, 2.75) is 20.8 Å². The Balaban J connectivity index is 1.20. The van der Waals surface area contributed by atoms with Gasteiger partial charge >= 0.3 is 0 Å². The number of hydrogen-bond donors (Lipinski definition) is 0. The van der Waals surface area contributed by atoms with E-state index in [0.717, 1.165) is 84.3 Å². The van der Waals surface area contributed by atoms with E-state index < -0.39 is 0 Å². The minimum atomic E-state index is 0.684. The standard InChI is InChI=1S/C45H34N6O/c1-29-22-25-48-41(26-29)50-39-19-5-4-16-35(39)36-21-20-34(28-40(36)50)52-33-15-11-14-32(27-33)51-45(38-18-7-9-24-47-38)43(42-30(2)12-10-13-31(42)3)44(49-51)37-17-6-8-23-46-37/h4-28H,1-3H3. The van der Waals surface area contributed by atoms with E-state index in [1.165, 1.54) is 5.39 Å². The lowest BCUT2D eigenvalue weighted by Crippen LogP contribution is -2.01. The Morgan fingerprint density at radius 3 is 2.00 bits per heavy atom. The molecule has 9 aromatic rings. The molecule has 5 heterocycles. The monoisotopic (exact) mass is 674 g/mol. The number of fused-ring (bicyclic) bond motifs is 3. The van der Waals surface area contributed by atoms with Gasteiger partial charge in [0.25, 0.3) is 0 Å². The predicted octanol–water partition coefficient (Wildman–Crippen LogP) is 10.9. The van der Waals surface area contributed by atoms with Gasteiger partial charge in [0, 0.05) is 47.1 Å². The summed E-state index contributed by atoms with van der Waals surface area (Å²) >= 11 is 0. The Labute approximate surface area is 301 Å². The van der Waals surface area contributed by atoms with Crippen LogP contribution in [0.4, 0.5) is 0 Å². The van der Waals surface area contributed by atoms with Crippen LogP contribution < -0.4 is 4.74 Å². The zero-order chi connectivity index (χ0) is 35.2. The molecule has 0 unspecified atom stereocenters. The van der Waals surface area contributed by atoms with Crippen LogP contribution in [0, 0.1) is 20.8 Å². The van der Waals surface area contributed by atoms with Crippen molar-refractivity contribution >= 4 is 21.8 Å². The molecular weight excluding hydrogens is 641 g/mol. The van der Waals surface area contributed by atoms with Crippen molar-refractivity contribution in [2.24, 2.45) is 0 Å². The third-order valence-electron chi connectivity index (χ3n) is 9.50. The average Bonchev–Trinajstić information content (AvgIpc) is 3.72. The van der Waals surface area contributed by atoms with Crippen molar-refractivity contribution < 1.29 is 4.74 Å². The van der Waals surface area contributed by atoms with Crippen LogP contribution in [0.5, 0.6) is 11.5 Å². The molecule has 0 atom stereocenters. The van der Waals surface area contributed by atoms with Gasteiger partial charge < -0.3 is 4.74 Å². The largest absolute Gasteiger partial charge is 0.457 e. The van der Waals surface area contributed by atoms with Crippen LogP contribution in [0.1, 0.15) is 16.7 Å². The number of aryl methyl sites for hydroxylation is 3. The van der Waals surface area contributed by atoms with Gasteiger partial charge in [0.2, 0.25) is 0 Å². The van der Waals surface area contributed by atoms with Gasteiger partial charge in [0.15, 0.2) is 0 Å². The highest BCUT2D eigenvalue weighted by atomic mass is 16.5. The second kappa shape index (κ2) is 12.8.